The molecule has 0 aromatic heterocycles. The summed E-state index contributed by atoms with van der Waals surface area (Å²) in [7, 11) is 3.31. The van der Waals surface area contributed by atoms with E-state index in [-0.39, 0.29) is 18.0 Å². The highest BCUT2D eigenvalue weighted by Crippen LogP contribution is 2.32. The van der Waals surface area contributed by atoms with Crippen molar-refractivity contribution < 1.29 is 14.3 Å². The second-order valence-corrected chi connectivity index (χ2v) is 5.36. The molecule has 116 valence electrons. The molecule has 1 saturated heterocycles. The van der Waals surface area contributed by atoms with Gasteiger partial charge in [-0.15, -0.1) is 0 Å². The number of hydrogen-bond donors (Lipinski definition) is 1. The number of ether oxygens (including phenoxy) is 2. The van der Waals surface area contributed by atoms with Gasteiger partial charge in [-0.05, 0) is 17.5 Å². The Balaban J connectivity index is 2.33. The summed E-state index contributed by atoms with van der Waals surface area (Å²) >= 11 is 0. The molecule has 5 heteroatoms. The second kappa shape index (κ2) is 7.54. The first-order chi connectivity index (χ1) is 10.2. The van der Waals surface area contributed by atoms with Crippen LogP contribution in [0.2, 0.25) is 0 Å². The summed E-state index contributed by atoms with van der Waals surface area (Å²) in [5.74, 6) is 0.144. The van der Waals surface area contributed by atoms with Gasteiger partial charge in [-0.25, -0.2) is 0 Å². The fraction of sp³-hybridized carbons (Fsp3) is 0.562. The maximum Gasteiger partial charge on any atom is 0.223 e. The molecular formula is C16H24N2O3. The maximum absolute atomic E-state index is 12.3. The van der Waals surface area contributed by atoms with Gasteiger partial charge in [-0.3, -0.25) is 4.79 Å². The molecule has 21 heavy (non-hydrogen) atoms. The van der Waals surface area contributed by atoms with E-state index in [2.05, 4.69) is 0 Å². The van der Waals surface area contributed by atoms with E-state index in [1.165, 1.54) is 0 Å². The molecule has 0 bridgehead atoms. The van der Waals surface area contributed by atoms with E-state index in [4.69, 9.17) is 15.2 Å². The Hall–Kier alpha value is -1.43. The summed E-state index contributed by atoms with van der Waals surface area (Å²) in [6.07, 6.45) is 1.22. The number of methoxy groups -OCH3 is 2. The Kier molecular flexibility index (Phi) is 5.73. The molecule has 2 N–H and O–H groups in total. The van der Waals surface area contributed by atoms with Crippen LogP contribution in [0.4, 0.5) is 0 Å². The zero-order valence-electron chi connectivity index (χ0n) is 12.7. The molecule has 1 aromatic carbocycles. The van der Waals surface area contributed by atoms with Gasteiger partial charge in [0.15, 0.2) is 0 Å². The highest BCUT2D eigenvalue weighted by atomic mass is 16.5. The van der Waals surface area contributed by atoms with Gasteiger partial charge in [-0.2, -0.15) is 0 Å². The van der Waals surface area contributed by atoms with Crippen LogP contribution in [0.25, 0.3) is 0 Å². The van der Waals surface area contributed by atoms with Gasteiger partial charge < -0.3 is 20.1 Å². The number of benzene rings is 1. The van der Waals surface area contributed by atoms with Gasteiger partial charge in [0.1, 0.15) is 0 Å². The minimum atomic E-state index is -0.104. The van der Waals surface area contributed by atoms with Gasteiger partial charge in [0.2, 0.25) is 5.91 Å². The maximum atomic E-state index is 12.3. The number of hydrogen-bond acceptors (Lipinski definition) is 4. The van der Waals surface area contributed by atoms with Gasteiger partial charge in [0.05, 0.1) is 19.3 Å². The lowest BCUT2D eigenvalue weighted by Gasteiger charge is -2.40. The number of nitrogens with two attached hydrogens (primary N) is 1. The van der Waals surface area contributed by atoms with E-state index in [1.807, 2.05) is 29.2 Å². The Morgan fingerprint density at radius 3 is 2.76 bits per heavy atom. The van der Waals surface area contributed by atoms with Gasteiger partial charge in [-0.1, -0.05) is 24.3 Å². The molecule has 2 unspecified atom stereocenters. The standard InChI is InChI=1S/C16H24N2O3/c1-20-10-9-18-15(19)8-7-14(17)16(18)13-6-4-3-5-12(13)11-21-2/h3-6,14,16H,7-11,17H2,1-2H3. The van der Waals surface area contributed by atoms with Crippen molar-refractivity contribution in [3.05, 3.63) is 35.4 Å². The lowest BCUT2D eigenvalue weighted by molar-refractivity contribution is -0.138. The first-order valence-electron chi connectivity index (χ1n) is 7.29. The summed E-state index contributed by atoms with van der Waals surface area (Å²) < 4.78 is 10.4. The van der Waals surface area contributed by atoms with Crippen LogP contribution in [0.3, 0.4) is 0 Å². The number of nitrogens with zero attached hydrogens (tertiary/aromatic N) is 1. The van der Waals surface area contributed by atoms with Crippen LogP contribution in [0.15, 0.2) is 24.3 Å². The van der Waals surface area contributed by atoms with E-state index in [0.717, 1.165) is 11.1 Å². The Labute approximate surface area is 126 Å². The predicted molar refractivity (Wildman–Crippen MR) is 80.7 cm³/mol. The zero-order valence-corrected chi connectivity index (χ0v) is 12.7. The van der Waals surface area contributed by atoms with E-state index in [9.17, 15) is 4.79 Å². The van der Waals surface area contributed by atoms with Crippen LogP contribution in [0.1, 0.15) is 30.0 Å². The second-order valence-electron chi connectivity index (χ2n) is 5.36. The molecule has 1 aliphatic heterocycles. The van der Waals surface area contributed by atoms with Crippen LogP contribution in [-0.2, 0) is 20.9 Å². The highest BCUT2D eigenvalue weighted by Gasteiger charge is 2.35. The van der Waals surface area contributed by atoms with Crippen LogP contribution < -0.4 is 5.73 Å². The van der Waals surface area contributed by atoms with Gasteiger partial charge in [0, 0.05) is 33.2 Å². The molecule has 1 aliphatic rings. The normalized spacial score (nSPS) is 22.6. The summed E-state index contributed by atoms with van der Waals surface area (Å²) in [6, 6.07) is 7.86. The number of piperidine rings is 1. The summed E-state index contributed by atoms with van der Waals surface area (Å²) in [6.45, 7) is 1.60. The van der Waals surface area contributed by atoms with Crippen molar-refractivity contribution in [2.75, 3.05) is 27.4 Å². The highest BCUT2D eigenvalue weighted by molar-refractivity contribution is 5.78. The third-order valence-electron chi connectivity index (χ3n) is 3.96. The van der Waals surface area contributed by atoms with Crippen LogP contribution >= 0.6 is 0 Å². The summed E-state index contributed by atoms with van der Waals surface area (Å²) in [5.41, 5.74) is 8.49. The van der Waals surface area contributed by atoms with Crippen molar-refractivity contribution in [2.24, 2.45) is 5.73 Å². The van der Waals surface area contributed by atoms with E-state index < -0.39 is 0 Å². The first-order valence-corrected chi connectivity index (χ1v) is 7.29. The van der Waals surface area contributed by atoms with Crippen LogP contribution in [0.5, 0.6) is 0 Å². The summed E-state index contributed by atoms with van der Waals surface area (Å²) in [4.78, 5) is 14.1. The van der Waals surface area contributed by atoms with Crippen molar-refractivity contribution in [3.8, 4) is 0 Å². The quantitative estimate of drug-likeness (QED) is 0.862. The van der Waals surface area contributed by atoms with Gasteiger partial charge in [0.25, 0.3) is 0 Å². The van der Waals surface area contributed by atoms with E-state index in [1.54, 1.807) is 14.2 Å². The molecule has 0 spiro atoms. The molecule has 1 fully saturated rings. The molecule has 1 amide bonds. The van der Waals surface area contributed by atoms with Crippen molar-refractivity contribution in [1.82, 2.24) is 4.90 Å². The topological polar surface area (TPSA) is 64.8 Å². The number of carbonyl (C=O) groups excluding carboxylic acids is 1. The number of rotatable bonds is 6. The van der Waals surface area contributed by atoms with E-state index in [0.29, 0.717) is 32.6 Å². The van der Waals surface area contributed by atoms with Crippen LogP contribution in [-0.4, -0.2) is 44.2 Å². The minimum absolute atomic E-state index is 0.0578. The first kappa shape index (κ1) is 15.9. The van der Waals surface area contributed by atoms with Crippen molar-refractivity contribution in [3.63, 3.8) is 0 Å². The SMILES string of the molecule is COCCN1C(=O)CCC(N)C1c1ccccc1COC. The third-order valence-corrected chi connectivity index (χ3v) is 3.96. The number of likely N-dealkylation sites (tertiary alicyclic amines) is 1. The Morgan fingerprint density at radius 2 is 2.05 bits per heavy atom. The lowest BCUT2D eigenvalue weighted by atomic mass is 9.88. The van der Waals surface area contributed by atoms with E-state index >= 15 is 0 Å². The zero-order chi connectivity index (χ0) is 15.2. The fourth-order valence-corrected chi connectivity index (χ4v) is 2.94. The van der Waals surface area contributed by atoms with Crippen molar-refractivity contribution in [2.45, 2.75) is 31.5 Å². The smallest absolute Gasteiger partial charge is 0.223 e. The molecule has 0 aliphatic carbocycles. The molecule has 0 radical (unpaired) electrons. The lowest BCUT2D eigenvalue weighted by Crippen LogP contribution is -2.50. The van der Waals surface area contributed by atoms with Crippen LogP contribution in [0, 0.1) is 0 Å². The molecule has 1 aromatic rings. The molecule has 2 atom stereocenters. The molecule has 2 rings (SSSR count). The Bertz CT molecular complexity index is 478. The monoisotopic (exact) mass is 292 g/mol. The van der Waals surface area contributed by atoms with Gasteiger partial charge >= 0.3 is 0 Å². The number of amides is 1. The largest absolute Gasteiger partial charge is 0.383 e. The van der Waals surface area contributed by atoms with Crippen molar-refractivity contribution in [1.29, 1.82) is 0 Å². The molecule has 5 nitrogen and oxygen atoms in total. The fourth-order valence-electron chi connectivity index (χ4n) is 2.94. The average molecular weight is 292 g/mol. The third kappa shape index (κ3) is 3.61. The molecule has 1 heterocycles. The number of carbonyl (C=O) groups is 1. The predicted octanol–water partition coefficient (Wildman–Crippen LogP) is 1.47. The Morgan fingerprint density at radius 1 is 1.29 bits per heavy atom. The average Bonchev–Trinajstić information content (AvgIpc) is 2.49. The molecular weight excluding hydrogens is 268 g/mol. The molecule has 0 saturated carbocycles. The minimum Gasteiger partial charge on any atom is -0.383 e. The van der Waals surface area contributed by atoms with Crippen molar-refractivity contribution >= 4 is 5.91 Å². The summed E-state index contributed by atoms with van der Waals surface area (Å²) in [5, 5.41) is 0.